The average molecular weight is 307 g/mol. The fourth-order valence-corrected chi connectivity index (χ4v) is 3.16. The van der Waals surface area contributed by atoms with Crippen molar-refractivity contribution in [2.24, 2.45) is 5.92 Å². The Kier molecular flexibility index (Phi) is 3.05. The highest BCUT2D eigenvalue weighted by molar-refractivity contribution is 7.22. The van der Waals surface area contributed by atoms with Crippen molar-refractivity contribution < 1.29 is 19.6 Å². The Morgan fingerprint density at radius 1 is 1.52 bits per heavy atom. The van der Waals surface area contributed by atoms with Gasteiger partial charge in [0.25, 0.3) is 5.69 Å². The summed E-state index contributed by atoms with van der Waals surface area (Å²) < 4.78 is 0.710. The summed E-state index contributed by atoms with van der Waals surface area (Å²) >= 11 is 1.21. The van der Waals surface area contributed by atoms with Crippen LogP contribution in [0.25, 0.3) is 10.2 Å². The SMILES string of the molecule is O=C(O)C1CC(=O)N(c2nc3cc([N+](=O)[O-])ccc3s2)C1. The molecular formula is C12H9N3O5S. The second kappa shape index (κ2) is 4.77. The van der Waals surface area contributed by atoms with Crippen LogP contribution in [0.5, 0.6) is 0 Å². The average Bonchev–Trinajstić information content (AvgIpc) is 3.00. The van der Waals surface area contributed by atoms with Crippen molar-refractivity contribution in [1.82, 2.24) is 4.98 Å². The second-order valence-electron chi connectivity index (χ2n) is 4.65. The number of carboxylic acid groups (broad SMARTS) is 1. The molecule has 1 aromatic heterocycles. The molecule has 0 aliphatic carbocycles. The molecule has 0 spiro atoms. The number of non-ortho nitro benzene ring substituents is 1. The zero-order valence-corrected chi connectivity index (χ0v) is 11.4. The quantitative estimate of drug-likeness (QED) is 0.681. The summed E-state index contributed by atoms with van der Waals surface area (Å²) in [6.45, 7) is 0.0794. The number of nitro benzene ring substituents is 1. The summed E-state index contributed by atoms with van der Waals surface area (Å²) in [7, 11) is 0. The predicted molar refractivity (Wildman–Crippen MR) is 74.4 cm³/mol. The van der Waals surface area contributed by atoms with Crippen LogP contribution < -0.4 is 4.90 Å². The Morgan fingerprint density at radius 2 is 2.29 bits per heavy atom. The third kappa shape index (κ3) is 2.31. The molecule has 0 radical (unpaired) electrons. The van der Waals surface area contributed by atoms with Gasteiger partial charge < -0.3 is 5.11 Å². The fourth-order valence-electron chi connectivity index (χ4n) is 2.19. The number of nitrogens with zero attached hydrogens (tertiary/aromatic N) is 3. The molecule has 0 bridgehead atoms. The van der Waals surface area contributed by atoms with Crippen LogP contribution in [0.3, 0.4) is 0 Å². The van der Waals surface area contributed by atoms with E-state index >= 15 is 0 Å². The van der Waals surface area contributed by atoms with E-state index in [9.17, 15) is 19.7 Å². The first kappa shape index (κ1) is 13.4. The monoisotopic (exact) mass is 307 g/mol. The first-order valence-corrected chi connectivity index (χ1v) is 6.85. The van der Waals surface area contributed by atoms with E-state index in [0.29, 0.717) is 15.3 Å². The molecular weight excluding hydrogens is 298 g/mol. The van der Waals surface area contributed by atoms with E-state index in [0.717, 1.165) is 0 Å². The number of nitro groups is 1. The Balaban J connectivity index is 1.96. The number of amides is 1. The predicted octanol–water partition coefficient (Wildman–Crippen LogP) is 1.64. The van der Waals surface area contributed by atoms with Crippen molar-refractivity contribution in [3.63, 3.8) is 0 Å². The summed E-state index contributed by atoms with van der Waals surface area (Å²) in [6.07, 6.45) is -0.0502. The van der Waals surface area contributed by atoms with Crippen molar-refractivity contribution in [3.8, 4) is 0 Å². The summed E-state index contributed by atoms with van der Waals surface area (Å²) in [6, 6.07) is 4.28. The van der Waals surface area contributed by atoms with Gasteiger partial charge in [-0.15, -0.1) is 0 Å². The minimum absolute atomic E-state index is 0.0502. The Morgan fingerprint density at radius 3 is 2.90 bits per heavy atom. The molecule has 108 valence electrons. The number of aliphatic carboxylic acids is 1. The first-order chi connectivity index (χ1) is 9.95. The Bertz CT molecular complexity index is 771. The van der Waals surface area contributed by atoms with Crippen LogP contribution in [0.15, 0.2) is 18.2 Å². The maximum Gasteiger partial charge on any atom is 0.308 e. The number of carboxylic acids is 1. The second-order valence-corrected chi connectivity index (χ2v) is 5.66. The number of thiazole rings is 1. The summed E-state index contributed by atoms with van der Waals surface area (Å²) in [4.78, 5) is 38.6. The zero-order valence-electron chi connectivity index (χ0n) is 10.6. The molecule has 2 aromatic rings. The van der Waals surface area contributed by atoms with Gasteiger partial charge in [0, 0.05) is 25.1 Å². The van der Waals surface area contributed by atoms with E-state index < -0.39 is 16.8 Å². The third-order valence-corrected chi connectivity index (χ3v) is 4.34. The third-order valence-electron chi connectivity index (χ3n) is 3.28. The van der Waals surface area contributed by atoms with Crippen molar-refractivity contribution in [2.45, 2.75) is 6.42 Å². The van der Waals surface area contributed by atoms with Gasteiger partial charge in [-0.2, -0.15) is 0 Å². The van der Waals surface area contributed by atoms with Gasteiger partial charge in [0.2, 0.25) is 5.91 Å². The largest absolute Gasteiger partial charge is 0.481 e. The molecule has 1 saturated heterocycles. The molecule has 1 aliphatic rings. The lowest BCUT2D eigenvalue weighted by molar-refractivity contribution is -0.384. The maximum atomic E-state index is 11.9. The molecule has 1 N–H and O–H groups in total. The first-order valence-electron chi connectivity index (χ1n) is 6.04. The normalized spacial score (nSPS) is 18.4. The zero-order chi connectivity index (χ0) is 15.1. The van der Waals surface area contributed by atoms with Crippen LogP contribution in [-0.2, 0) is 9.59 Å². The molecule has 21 heavy (non-hydrogen) atoms. The van der Waals surface area contributed by atoms with Crippen LogP contribution >= 0.6 is 11.3 Å². The van der Waals surface area contributed by atoms with E-state index in [4.69, 9.17) is 5.11 Å². The molecule has 1 fully saturated rings. The van der Waals surface area contributed by atoms with Gasteiger partial charge >= 0.3 is 5.97 Å². The highest BCUT2D eigenvalue weighted by Gasteiger charge is 2.36. The van der Waals surface area contributed by atoms with E-state index in [-0.39, 0.29) is 24.6 Å². The number of fused-ring (bicyclic) bond motifs is 1. The molecule has 1 atom stereocenters. The van der Waals surface area contributed by atoms with Gasteiger partial charge in [0.05, 0.1) is 21.1 Å². The Labute approximate surface area is 121 Å². The lowest BCUT2D eigenvalue weighted by atomic mass is 10.1. The molecule has 1 aromatic carbocycles. The van der Waals surface area contributed by atoms with E-state index in [1.165, 1.54) is 28.4 Å². The number of rotatable bonds is 3. The molecule has 1 aliphatic heterocycles. The van der Waals surface area contributed by atoms with Crippen LogP contribution in [-0.4, -0.2) is 33.4 Å². The number of aromatic nitrogens is 1. The number of carbonyl (C=O) groups excluding carboxylic acids is 1. The highest BCUT2D eigenvalue weighted by atomic mass is 32.1. The number of benzene rings is 1. The smallest absolute Gasteiger partial charge is 0.308 e. The van der Waals surface area contributed by atoms with E-state index in [1.807, 2.05) is 0 Å². The van der Waals surface area contributed by atoms with Crippen molar-refractivity contribution in [3.05, 3.63) is 28.3 Å². The number of carbonyl (C=O) groups is 2. The standard InChI is InChI=1S/C12H9N3O5S/c16-10-3-6(11(17)18)5-14(10)12-13-8-4-7(15(19)20)1-2-9(8)21-12/h1-2,4,6H,3,5H2,(H,17,18). The van der Waals surface area contributed by atoms with Crippen LogP contribution in [0.1, 0.15) is 6.42 Å². The summed E-state index contributed by atoms with van der Waals surface area (Å²) in [5.74, 6) is -2.04. The molecule has 1 amide bonds. The van der Waals surface area contributed by atoms with Crippen LogP contribution in [0, 0.1) is 16.0 Å². The topological polar surface area (TPSA) is 114 Å². The van der Waals surface area contributed by atoms with E-state index in [1.54, 1.807) is 6.07 Å². The van der Waals surface area contributed by atoms with Crippen molar-refractivity contribution in [2.75, 3.05) is 11.4 Å². The van der Waals surface area contributed by atoms with Gasteiger partial charge in [-0.1, -0.05) is 11.3 Å². The lowest BCUT2D eigenvalue weighted by Crippen LogP contribution is -2.25. The maximum absolute atomic E-state index is 11.9. The number of hydrogen-bond acceptors (Lipinski definition) is 6. The minimum Gasteiger partial charge on any atom is -0.481 e. The molecule has 9 heteroatoms. The molecule has 8 nitrogen and oxygen atoms in total. The molecule has 3 rings (SSSR count). The van der Waals surface area contributed by atoms with E-state index in [2.05, 4.69) is 4.98 Å². The Hall–Kier alpha value is -2.55. The molecule has 0 saturated carbocycles. The van der Waals surface area contributed by atoms with Gasteiger partial charge in [0.1, 0.15) is 0 Å². The summed E-state index contributed by atoms with van der Waals surface area (Å²) in [5.41, 5.74) is 0.353. The number of hydrogen-bond donors (Lipinski definition) is 1. The molecule has 1 unspecified atom stereocenters. The summed E-state index contributed by atoms with van der Waals surface area (Å²) in [5, 5.41) is 20.1. The van der Waals surface area contributed by atoms with Gasteiger partial charge in [-0.25, -0.2) is 4.98 Å². The highest BCUT2D eigenvalue weighted by Crippen LogP contribution is 2.34. The minimum atomic E-state index is -1.01. The van der Waals surface area contributed by atoms with Crippen LogP contribution in [0.2, 0.25) is 0 Å². The van der Waals surface area contributed by atoms with Crippen molar-refractivity contribution in [1.29, 1.82) is 0 Å². The molecule has 2 heterocycles. The van der Waals surface area contributed by atoms with Crippen LogP contribution in [0.4, 0.5) is 10.8 Å². The lowest BCUT2D eigenvalue weighted by Gasteiger charge is -2.10. The fraction of sp³-hybridized carbons (Fsp3) is 0.250. The van der Waals surface area contributed by atoms with Gasteiger partial charge in [-0.05, 0) is 6.07 Å². The van der Waals surface area contributed by atoms with Crippen molar-refractivity contribution >= 4 is 44.2 Å². The van der Waals surface area contributed by atoms with Gasteiger partial charge in [-0.3, -0.25) is 24.6 Å². The number of anilines is 1. The van der Waals surface area contributed by atoms with Gasteiger partial charge in [0.15, 0.2) is 5.13 Å².